The predicted octanol–water partition coefficient (Wildman–Crippen LogP) is 5.12. The Hall–Kier alpha value is -2.63. The first kappa shape index (κ1) is 15.9. The number of carbonyl (C=O) groups excluding carboxylic acids is 1. The van der Waals surface area contributed by atoms with E-state index in [9.17, 15) is 4.79 Å². The van der Waals surface area contributed by atoms with Gasteiger partial charge >= 0.3 is 0 Å². The molecule has 0 bridgehead atoms. The Kier molecular flexibility index (Phi) is 4.26. The van der Waals surface area contributed by atoms with E-state index in [1.54, 1.807) is 24.3 Å². The molecule has 0 fully saturated rings. The van der Waals surface area contributed by atoms with E-state index in [1.807, 2.05) is 30.3 Å². The zero-order valence-electron chi connectivity index (χ0n) is 13.0. The molecule has 1 aromatic heterocycles. The van der Waals surface area contributed by atoms with Gasteiger partial charge in [0.2, 0.25) is 0 Å². The van der Waals surface area contributed by atoms with Gasteiger partial charge in [-0.3, -0.25) is 10.1 Å². The van der Waals surface area contributed by atoms with Gasteiger partial charge in [0.1, 0.15) is 5.75 Å². The topological polar surface area (TPSA) is 51.2 Å². The van der Waals surface area contributed by atoms with Gasteiger partial charge in [-0.1, -0.05) is 53.3 Å². The molecule has 1 heterocycles. The molecule has 0 aliphatic heterocycles. The fourth-order valence-electron chi connectivity index (χ4n) is 2.55. The Balaban J connectivity index is 1.49. The first-order chi connectivity index (χ1) is 12.2. The second-order valence-corrected chi connectivity index (χ2v) is 6.91. The Morgan fingerprint density at radius 3 is 2.72 bits per heavy atom. The molecule has 0 aliphatic carbocycles. The number of aromatic nitrogens is 1. The highest BCUT2D eigenvalue weighted by atomic mass is 35.5. The van der Waals surface area contributed by atoms with Gasteiger partial charge in [0, 0.05) is 10.4 Å². The highest BCUT2D eigenvalue weighted by Gasteiger charge is 2.10. The van der Waals surface area contributed by atoms with E-state index in [0.717, 1.165) is 21.0 Å². The van der Waals surface area contributed by atoms with Crippen LogP contribution in [0.1, 0.15) is 0 Å². The lowest BCUT2D eigenvalue weighted by Gasteiger charge is -2.05. The number of anilines is 1. The molecule has 4 aromatic rings. The van der Waals surface area contributed by atoms with Crippen molar-refractivity contribution < 1.29 is 9.53 Å². The number of fused-ring (bicyclic) bond motifs is 3. The van der Waals surface area contributed by atoms with Crippen LogP contribution in [0.5, 0.6) is 5.75 Å². The zero-order valence-corrected chi connectivity index (χ0v) is 14.6. The number of nitrogens with zero attached hydrogens (tertiary/aromatic N) is 1. The van der Waals surface area contributed by atoms with Crippen LogP contribution in [0, 0.1) is 0 Å². The molecule has 3 aromatic carbocycles. The molecule has 0 aliphatic rings. The molecule has 0 atom stereocenters. The van der Waals surface area contributed by atoms with E-state index in [0.29, 0.717) is 15.9 Å². The number of nitrogens with one attached hydrogen (secondary N) is 1. The summed E-state index contributed by atoms with van der Waals surface area (Å²) in [6.07, 6.45) is 0. The fraction of sp³-hybridized carbons (Fsp3) is 0.0526. The predicted molar refractivity (Wildman–Crippen MR) is 103 cm³/mol. The summed E-state index contributed by atoms with van der Waals surface area (Å²) >= 11 is 7.27. The summed E-state index contributed by atoms with van der Waals surface area (Å²) in [5.41, 5.74) is 0.900. The first-order valence-corrected chi connectivity index (χ1v) is 8.85. The van der Waals surface area contributed by atoms with Gasteiger partial charge in [-0.15, -0.1) is 0 Å². The number of amides is 1. The van der Waals surface area contributed by atoms with E-state index in [2.05, 4.69) is 16.4 Å². The van der Waals surface area contributed by atoms with Gasteiger partial charge in [-0.2, -0.15) is 0 Å². The maximum Gasteiger partial charge on any atom is 0.264 e. The van der Waals surface area contributed by atoms with Crippen molar-refractivity contribution in [3.63, 3.8) is 0 Å². The minimum atomic E-state index is -0.252. The molecule has 0 unspecified atom stereocenters. The summed E-state index contributed by atoms with van der Waals surface area (Å²) in [7, 11) is 0. The maximum absolute atomic E-state index is 12.1. The van der Waals surface area contributed by atoms with Crippen LogP contribution in [-0.2, 0) is 4.79 Å². The van der Waals surface area contributed by atoms with Crippen LogP contribution >= 0.6 is 22.9 Å². The van der Waals surface area contributed by atoms with Crippen molar-refractivity contribution in [2.24, 2.45) is 0 Å². The van der Waals surface area contributed by atoms with Crippen LogP contribution in [0.15, 0.2) is 60.7 Å². The van der Waals surface area contributed by atoms with Crippen LogP contribution in [0.4, 0.5) is 5.13 Å². The number of thiazole rings is 1. The lowest BCUT2D eigenvalue weighted by molar-refractivity contribution is -0.118. The molecular formula is C19H13ClN2O2S. The van der Waals surface area contributed by atoms with Crippen LogP contribution in [0.25, 0.3) is 21.0 Å². The maximum atomic E-state index is 12.1. The van der Waals surface area contributed by atoms with E-state index in [-0.39, 0.29) is 12.5 Å². The summed E-state index contributed by atoms with van der Waals surface area (Å²) in [6, 6.07) is 19.0. The minimum absolute atomic E-state index is 0.0850. The Bertz CT molecular complexity index is 1060. The molecule has 1 N–H and O–H groups in total. The van der Waals surface area contributed by atoms with Gasteiger partial charge in [0.15, 0.2) is 11.7 Å². The van der Waals surface area contributed by atoms with E-state index in [1.165, 1.54) is 11.3 Å². The van der Waals surface area contributed by atoms with Crippen molar-refractivity contribution in [1.82, 2.24) is 4.98 Å². The minimum Gasteiger partial charge on any atom is -0.484 e. The van der Waals surface area contributed by atoms with E-state index >= 15 is 0 Å². The van der Waals surface area contributed by atoms with Crippen molar-refractivity contribution in [2.45, 2.75) is 0 Å². The fourth-order valence-corrected chi connectivity index (χ4v) is 3.57. The molecule has 25 heavy (non-hydrogen) atoms. The first-order valence-electron chi connectivity index (χ1n) is 7.65. The molecule has 4 nitrogen and oxygen atoms in total. The molecule has 0 radical (unpaired) electrons. The van der Waals surface area contributed by atoms with Crippen LogP contribution in [-0.4, -0.2) is 17.5 Å². The lowest BCUT2D eigenvalue weighted by atomic mass is 10.1. The van der Waals surface area contributed by atoms with Gasteiger partial charge in [-0.25, -0.2) is 4.98 Å². The van der Waals surface area contributed by atoms with Crippen LogP contribution < -0.4 is 10.1 Å². The Morgan fingerprint density at radius 1 is 1.08 bits per heavy atom. The van der Waals surface area contributed by atoms with Crippen LogP contribution in [0.3, 0.4) is 0 Å². The largest absolute Gasteiger partial charge is 0.484 e. The van der Waals surface area contributed by atoms with Crippen molar-refractivity contribution in [3.05, 3.63) is 65.7 Å². The molecule has 0 saturated carbocycles. The number of hydrogen-bond donors (Lipinski definition) is 1. The molecule has 124 valence electrons. The standard InChI is InChI=1S/C19H13ClN2O2S/c20-13-6-8-14(9-7-13)24-11-17(23)21-19-22-18-15-4-2-1-3-12(15)5-10-16(18)25-19/h1-10H,11H2,(H,21,22,23). The second kappa shape index (κ2) is 6.70. The summed E-state index contributed by atoms with van der Waals surface area (Å²) < 4.78 is 6.48. The van der Waals surface area contributed by atoms with E-state index < -0.39 is 0 Å². The highest BCUT2D eigenvalue weighted by Crippen LogP contribution is 2.31. The summed E-state index contributed by atoms with van der Waals surface area (Å²) in [6.45, 7) is -0.0850. The third-order valence-corrected chi connectivity index (χ3v) is 4.90. The Morgan fingerprint density at radius 2 is 1.88 bits per heavy atom. The number of halogens is 1. The molecule has 0 spiro atoms. The average molecular weight is 369 g/mol. The van der Waals surface area contributed by atoms with Crippen LogP contribution in [0.2, 0.25) is 5.02 Å². The normalized spacial score (nSPS) is 10.9. The highest BCUT2D eigenvalue weighted by molar-refractivity contribution is 7.22. The summed E-state index contributed by atoms with van der Waals surface area (Å²) in [5.74, 6) is 0.341. The summed E-state index contributed by atoms with van der Waals surface area (Å²) in [5, 5.41) is 6.19. The number of rotatable bonds is 4. The molecule has 4 rings (SSSR count). The molecular weight excluding hydrogens is 356 g/mol. The van der Waals surface area contributed by atoms with Crippen molar-refractivity contribution in [3.8, 4) is 5.75 Å². The third-order valence-electron chi connectivity index (χ3n) is 3.71. The second-order valence-electron chi connectivity index (χ2n) is 5.44. The summed E-state index contributed by atoms with van der Waals surface area (Å²) in [4.78, 5) is 16.7. The SMILES string of the molecule is O=C(COc1ccc(Cl)cc1)Nc1nc2c(ccc3ccccc32)s1. The quantitative estimate of drug-likeness (QED) is 0.544. The monoisotopic (exact) mass is 368 g/mol. The van der Waals surface area contributed by atoms with Crippen molar-refractivity contribution in [2.75, 3.05) is 11.9 Å². The van der Waals surface area contributed by atoms with E-state index in [4.69, 9.17) is 16.3 Å². The van der Waals surface area contributed by atoms with Gasteiger partial charge in [0.05, 0.1) is 10.2 Å². The lowest BCUT2D eigenvalue weighted by Crippen LogP contribution is -2.19. The number of ether oxygens (including phenoxy) is 1. The van der Waals surface area contributed by atoms with Crippen molar-refractivity contribution in [1.29, 1.82) is 0 Å². The number of carbonyl (C=O) groups is 1. The number of benzene rings is 3. The average Bonchev–Trinajstić information content (AvgIpc) is 3.04. The number of hydrogen-bond acceptors (Lipinski definition) is 4. The van der Waals surface area contributed by atoms with Gasteiger partial charge < -0.3 is 4.74 Å². The molecule has 6 heteroatoms. The van der Waals surface area contributed by atoms with Crippen molar-refractivity contribution >= 4 is 55.0 Å². The Labute approximate surface area is 153 Å². The smallest absolute Gasteiger partial charge is 0.264 e. The van der Waals surface area contributed by atoms with Gasteiger partial charge in [-0.05, 0) is 35.7 Å². The van der Waals surface area contributed by atoms with Gasteiger partial charge in [0.25, 0.3) is 5.91 Å². The molecule has 0 saturated heterocycles. The third kappa shape index (κ3) is 3.43. The zero-order chi connectivity index (χ0) is 17.2. The molecule has 1 amide bonds.